The summed E-state index contributed by atoms with van der Waals surface area (Å²) >= 11 is 0. The molecule has 1 N–H and O–H groups in total. The summed E-state index contributed by atoms with van der Waals surface area (Å²) in [6, 6.07) is 6.65. The van der Waals surface area contributed by atoms with Gasteiger partial charge in [-0.15, -0.1) is 0 Å². The van der Waals surface area contributed by atoms with E-state index < -0.39 is 5.97 Å². The van der Waals surface area contributed by atoms with E-state index in [1.165, 1.54) is 18.2 Å². The van der Waals surface area contributed by atoms with Crippen molar-refractivity contribution in [3.8, 4) is 0 Å². The first-order valence-electron chi connectivity index (χ1n) is 7.42. The third-order valence-electron chi connectivity index (χ3n) is 3.62. The Bertz CT molecular complexity index is 786. The second-order valence-electron chi connectivity index (χ2n) is 5.71. The van der Waals surface area contributed by atoms with Gasteiger partial charge in [0.25, 0.3) is 0 Å². The number of rotatable bonds is 5. The number of allylic oxidation sites excluding steroid dienone is 1. The van der Waals surface area contributed by atoms with Crippen LogP contribution in [-0.4, -0.2) is 26.6 Å². The molecule has 2 aromatic rings. The van der Waals surface area contributed by atoms with Crippen molar-refractivity contribution in [2.75, 3.05) is 0 Å². The average molecular weight is 312 g/mol. The van der Waals surface area contributed by atoms with Gasteiger partial charge in [-0.3, -0.25) is 9.48 Å². The van der Waals surface area contributed by atoms with E-state index in [1.807, 2.05) is 32.4 Å². The molecule has 1 aromatic heterocycles. The highest BCUT2D eigenvalue weighted by atomic mass is 16.4. The molecule has 23 heavy (non-hydrogen) atoms. The molecule has 0 saturated heterocycles. The van der Waals surface area contributed by atoms with E-state index in [0.717, 1.165) is 5.69 Å². The minimum Gasteiger partial charge on any atom is -0.478 e. The Hall–Kier alpha value is -2.69. The third-order valence-corrected chi connectivity index (χ3v) is 3.62. The summed E-state index contributed by atoms with van der Waals surface area (Å²) in [4.78, 5) is 23.4. The lowest BCUT2D eigenvalue weighted by molar-refractivity contribution is 0.0696. The minimum atomic E-state index is -0.989. The maximum Gasteiger partial charge on any atom is 0.335 e. The molecule has 1 aromatic carbocycles. The van der Waals surface area contributed by atoms with Gasteiger partial charge in [-0.1, -0.05) is 18.2 Å². The largest absolute Gasteiger partial charge is 0.478 e. The number of nitrogens with zero attached hydrogens (tertiary/aromatic N) is 2. The van der Waals surface area contributed by atoms with Gasteiger partial charge in [-0.25, -0.2) is 4.79 Å². The number of carboxylic acid groups (broad SMARTS) is 1. The molecular formula is C18H20N2O3. The lowest BCUT2D eigenvalue weighted by Gasteiger charge is -2.07. The summed E-state index contributed by atoms with van der Waals surface area (Å²) in [5, 5.41) is 13.4. The van der Waals surface area contributed by atoms with Gasteiger partial charge in [0.05, 0.1) is 16.8 Å². The topological polar surface area (TPSA) is 72.2 Å². The van der Waals surface area contributed by atoms with Gasteiger partial charge in [-0.2, -0.15) is 5.10 Å². The standard InChI is InChI=1S/C18H20N2O3/c1-11(2)20-13(4)17(12(3)19-20)16(21)9-8-14-6-5-7-15(10-14)18(22)23/h5-11H,1-4H3,(H,22,23). The van der Waals surface area contributed by atoms with Crippen LogP contribution in [0.25, 0.3) is 6.08 Å². The molecule has 0 amide bonds. The highest BCUT2D eigenvalue weighted by Gasteiger charge is 2.17. The van der Waals surface area contributed by atoms with Crippen LogP contribution in [0.15, 0.2) is 30.3 Å². The summed E-state index contributed by atoms with van der Waals surface area (Å²) in [6.45, 7) is 7.73. The molecular weight excluding hydrogens is 292 g/mol. The van der Waals surface area contributed by atoms with Crippen molar-refractivity contribution in [3.63, 3.8) is 0 Å². The fourth-order valence-corrected chi connectivity index (χ4v) is 2.55. The molecule has 120 valence electrons. The number of carbonyl (C=O) groups excluding carboxylic acids is 1. The van der Waals surface area contributed by atoms with Gasteiger partial charge < -0.3 is 5.11 Å². The van der Waals surface area contributed by atoms with Crippen LogP contribution in [-0.2, 0) is 0 Å². The van der Waals surface area contributed by atoms with E-state index in [0.29, 0.717) is 16.8 Å². The maximum atomic E-state index is 12.5. The summed E-state index contributed by atoms with van der Waals surface area (Å²) < 4.78 is 1.83. The second-order valence-corrected chi connectivity index (χ2v) is 5.71. The van der Waals surface area contributed by atoms with Crippen molar-refractivity contribution in [2.45, 2.75) is 33.7 Å². The molecule has 0 radical (unpaired) electrons. The van der Waals surface area contributed by atoms with Crippen molar-refractivity contribution in [2.24, 2.45) is 0 Å². The number of hydrogen-bond acceptors (Lipinski definition) is 3. The molecule has 0 fully saturated rings. The van der Waals surface area contributed by atoms with E-state index >= 15 is 0 Å². The van der Waals surface area contributed by atoms with Crippen LogP contribution in [0.3, 0.4) is 0 Å². The molecule has 0 bridgehead atoms. The second kappa shape index (κ2) is 6.60. The van der Waals surface area contributed by atoms with Crippen molar-refractivity contribution in [1.29, 1.82) is 0 Å². The van der Waals surface area contributed by atoms with Crippen molar-refractivity contribution >= 4 is 17.8 Å². The fourth-order valence-electron chi connectivity index (χ4n) is 2.55. The van der Waals surface area contributed by atoms with E-state index in [4.69, 9.17) is 5.11 Å². The first-order chi connectivity index (χ1) is 10.8. The molecule has 2 rings (SSSR count). The molecule has 1 heterocycles. The number of carboxylic acids is 1. The average Bonchev–Trinajstić information content (AvgIpc) is 2.80. The molecule has 5 heteroatoms. The van der Waals surface area contributed by atoms with E-state index in [9.17, 15) is 9.59 Å². The van der Waals surface area contributed by atoms with Crippen molar-refractivity contribution in [3.05, 3.63) is 58.4 Å². The van der Waals surface area contributed by atoms with Crippen LogP contribution in [0.1, 0.15) is 57.6 Å². The fraction of sp³-hybridized carbons (Fsp3) is 0.278. The van der Waals surface area contributed by atoms with Crippen LogP contribution in [0.5, 0.6) is 0 Å². The van der Waals surface area contributed by atoms with Crippen LogP contribution >= 0.6 is 0 Å². The zero-order chi connectivity index (χ0) is 17.1. The lowest BCUT2D eigenvalue weighted by atomic mass is 10.1. The number of hydrogen-bond donors (Lipinski definition) is 1. The Morgan fingerprint density at radius 1 is 1.26 bits per heavy atom. The minimum absolute atomic E-state index is 0.132. The van der Waals surface area contributed by atoms with E-state index in [-0.39, 0.29) is 17.4 Å². The predicted octanol–water partition coefficient (Wildman–Crippen LogP) is 3.68. The van der Waals surface area contributed by atoms with Crippen LogP contribution in [0, 0.1) is 13.8 Å². The smallest absolute Gasteiger partial charge is 0.335 e. The Morgan fingerprint density at radius 3 is 2.52 bits per heavy atom. The Labute approximate surface area is 135 Å². The van der Waals surface area contributed by atoms with Crippen LogP contribution in [0.2, 0.25) is 0 Å². The normalized spacial score (nSPS) is 11.3. The number of aromatic carboxylic acids is 1. The summed E-state index contributed by atoms with van der Waals surface area (Å²) in [5.74, 6) is -1.12. The number of aromatic nitrogens is 2. The zero-order valence-electron chi connectivity index (χ0n) is 13.7. The first kappa shape index (κ1) is 16.7. The van der Waals surface area contributed by atoms with Crippen molar-refractivity contribution < 1.29 is 14.7 Å². The van der Waals surface area contributed by atoms with Gasteiger partial charge in [0, 0.05) is 11.7 Å². The molecule has 0 saturated carbocycles. The summed E-state index contributed by atoms with van der Waals surface area (Å²) in [7, 11) is 0. The molecule has 0 aliphatic carbocycles. The summed E-state index contributed by atoms with van der Waals surface area (Å²) in [6.07, 6.45) is 3.09. The van der Waals surface area contributed by atoms with Gasteiger partial charge in [0.15, 0.2) is 5.78 Å². The SMILES string of the molecule is Cc1nn(C(C)C)c(C)c1C(=O)C=Cc1cccc(C(=O)O)c1. The highest BCUT2D eigenvalue weighted by Crippen LogP contribution is 2.18. The van der Waals surface area contributed by atoms with Gasteiger partial charge in [-0.05, 0) is 51.5 Å². The molecule has 0 aliphatic rings. The lowest BCUT2D eigenvalue weighted by Crippen LogP contribution is -2.06. The summed E-state index contributed by atoms with van der Waals surface area (Å²) in [5.41, 5.74) is 3.00. The third kappa shape index (κ3) is 3.56. The molecule has 0 atom stereocenters. The van der Waals surface area contributed by atoms with Gasteiger partial charge in [0.2, 0.25) is 0 Å². The van der Waals surface area contributed by atoms with Crippen LogP contribution in [0.4, 0.5) is 0 Å². The molecule has 5 nitrogen and oxygen atoms in total. The molecule has 0 unspecified atom stereocenters. The first-order valence-corrected chi connectivity index (χ1v) is 7.42. The Kier molecular flexibility index (Phi) is 4.79. The van der Waals surface area contributed by atoms with Crippen LogP contribution < -0.4 is 0 Å². The monoisotopic (exact) mass is 312 g/mol. The maximum absolute atomic E-state index is 12.5. The number of ketones is 1. The van der Waals surface area contributed by atoms with E-state index in [2.05, 4.69) is 5.10 Å². The Balaban J connectivity index is 2.29. The number of benzene rings is 1. The quantitative estimate of drug-likeness (QED) is 0.675. The predicted molar refractivity (Wildman–Crippen MR) is 88.9 cm³/mol. The van der Waals surface area contributed by atoms with Crippen molar-refractivity contribution in [1.82, 2.24) is 9.78 Å². The van der Waals surface area contributed by atoms with Gasteiger partial charge in [0.1, 0.15) is 0 Å². The number of carbonyl (C=O) groups is 2. The number of aryl methyl sites for hydroxylation is 1. The van der Waals surface area contributed by atoms with Gasteiger partial charge >= 0.3 is 5.97 Å². The molecule has 0 spiro atoms. The molecule has 0 aliphatic heterocycles. The highest BCUT2D eigenvalue weighted by molar-refractivity contribution is 6.08. The van der Waals surface area contributed by atoms with E-state index in [1.54, 1.807) is 18.2 Å². The Morgan fingerprint density at radius 2 is 1.96 bits per heavy atom. The zero-order valence-corrected chi connectivity index (χ0v) is 13.7.